The molecular formula is C43H66O. The molecule has 2 aliphatic rings. The van der Waals surface area contributed by atoms with Crippen LogP contribution < -0.4 is 0 Å². The summed E-state index contributed by atoms with van der Waals surface area (Å²) < 4.78 is 0. The molecule has 2 fully saturated rings. The summed E-state index contributed by atoms with van der Waals surface area (Å²) in [6.45, 7) is 4.60. The van der Waals surface area contributed by atoms with Gasteiger partial charge in [0.25, 0.3) is 0 Å². The van der Waals surface area contributed by atoms with Crippen LogP contribution in [0.1, 0.15) is 189 Å². The van der Waals surface area contributed by atoms with Gasteiger partial charge in [-0.3, -0.25) is 4.79 Å². The van der Waals surface area contributed by atoms with Crippen molar-refractivity contribution < 1.29 is 4.79 Å². The van der Waals surface area contributed by atoms with Gasteiger partial charge < -0.3 is 0 Å². The monoisotopic (exact) mass is 599 g/mol. The Morgan fingerprint density at radius 2 is 0.864 bits per heavy atom. The van der Waals surface area contributed by atoms with E-state index in [2.05, 4.69) is 62.4 Å². The lowest BCUT2D eigenvalue weighted by atomic mass is 9.77. The van der Waals surface area contributed by atoms with Gasteiger partial charge in [0.05, 0.1) is 0 Å². The van der Waals surface area contributed by atoms with Crippen molar-refractivity contribution >= 4 is 5.78 Å². The van der Waals surface area contributed by atoms with Gasteiger partial charge in [0, 0.05) is 12.8 Å². The summed E-state index contributed by atoms with van der Waals surface area (Å²) >= 11 is 0. The molecule has 0 radical (unpaired) electrons. The minimum absolute atomic E-state index is 0.402. The number of benzene rings is 2. The molecule has 2 aliphatic carbocycles. The highest BCUT2D eigenvalue weighted by molar-refractivity contribution is 5.78. The van der Waals surface area contributed by atoms with E-state index in [-0.39, 0.29) is 0 Å². The van der Waals surface area contributed by atoms with Crippen LogP contribution in [0.25, 0.3) is 0 Å². The third kappa shape index (κ3) is 12.5. The molecule has 244 valence electrons. The van der Waals surface area contributed by atoms with E-state index in [1.165, 1.54) is 151 Å². The maximum atomic E-state index is 12.7. The van der Waals surface area contributed by atoms with Gasteiger partial charge in [0.2, 0.25) is 0 Å². The van der Waals surface area contributed by atoms with Crippen LogP contribution >= 0.6 is 0 Å². The van der Waals surface area contributed by atoms with Gasteiger partial charge in [-0.1, -0.05) is 139 Å². The van der Waals surface area contributed by atoms with Crippen molar-refractivity contribution in [2.24, 2.45) is 11.8 Å². The van der Waals surface area contributed by atoms with Crippen molar-refractivity contribution in [3.63, 3.8) is 0 Å². The first-order chi connectivity index (χ1) is 21.6. The molecule has 0 saturated heterocycles. The van der Waals surface area contributed by atoms with Crippen molar-refractivity contribution in [3.05, 3.63) is 70.8 Å². The second-order valence-electron chi connectivity index (χ2n) is 14.9. The summed E-state index contributed by atoms with van der Waals surface area (Å²) in [7, 11) is 0. The summed E-state index contributed by atoms with van der Waals surface area (Å²) in [5.41, 5.74) is 5.68. The quantitative estimate of drug-likeness (QED) is 0.139. The second kappa shape index (κ2) is 20.3. The maximum Gasteiger partial charge on any atom is 0.133 e. The number of Topliss-reactive ketones (excluding diaryl/α,β-unsaturated/α-hetero) is 1. The topological polar surface area (TPSA) is 17.1 Å². The molecule has 0 aromatic heterocycles. The lowest BCUT2D eigenvalue weighted by Crippen LogP contribution is -2.13. The first kappa shape index (κ1) is 35.0. The number of unbranched alkanes of at least 4 members (excludes halogenated alkanes) is 8. The predicted octanol–water partition coefficient (Wildman–Crippen LogP) is 13.1. The first-order valence-electron chi connectivity index (χ1n) is 19.3. The first-order valence-corrected chi connectivity index (χ1v) is 19.3. The summed E-state index contributed by atoms with van der Waals surface area (Å²) in [5, 5.41) is 0. The molecule has 4 rings (SSSR count). The lowest BCUT2D eigenvalue weighted by Gasteiger charge is -2.29. The standard InChI is InChI=1S/C43H66O/c1-3-5-7-9-11-13-35-15-25-39(26-16-35)41-29-19-37(20-30-41)23-33-43(44)34-24-38-21-31-42(32-22-38)40-27-17-36(18-28-40)14-12-10-8-6-4-2/h19-22,29-32,35-36,39-40H,3-18,23-28,33-34H2,1-2H3/t35-,36?,39-,40?. The number of hydrogen-bond acceptors (Lipinski definition) is 1. The second-order valence-corrected chi connectivity index (χ2v) is 14.9. The molecule has 1 nitrogen and oxygen atoms in total. The molecule has 2 aromatic rings. The average Bonchev–Trinajstić information content (AvgIpc) is 3.07. The van der Waals surface area contributed by atoms with Gasteiger partial charge in [-0.15, -0.1) is 0 Å². The van der Waals surface area contributed by atoms with Crippen LogP contribution in [-0.4, -0.2) is 5.78 Å². The van der Waals surface area contributed by atoms with E-state index >= 15 is 0 Å². The van der Waals surface area contributed by atoms with Gasteiger partial charge in [0.15, 0.2) is 0 Å². The molecule has 0 atom stereocenters. The highest BCUT2D eigenvalue weighted by Crippen LogP contribution is 2.39. The Morgan fingerprint density at radius 1 is 0.500 bits per heavy atom. The van der Waals surface area contributed by atoms with Crippen LogP contribution in [0.3, 0.4) is 0 Å². The van der Waals surface area contributed by atoms with Crippen LogP contribution in [0.5, 0.6) is 0 Å². The average molecular weight is 599 g/mol. The van der Waals surface area contributed by atoms with E-state index in [0.717, 1.165) is 36.5 Å². The third-order valence-electron chi connectivity index (χ3n) is 11.4. The van der Waals surface area contributed by atoms with Crippen LogP contribution in [0, 0.1) is 11.8 Å². The Morgan fingerprint density at radius 3 is 1.23 bits per heavy atom. The largest absolute Gasteiger partial charge is 0.300 e. The van der Waals surface area contributed by atoms with Crippen LogP contribution in [0.2, 0.25) is 0 Å². The molecule has 0 spiro atoms. The molecule has 0 amide bonds. The van der Waals surface area contributed by atoms with E-state index in [4.69, 9.17) is 0 Å². The fourth-order valence-electron chi connectivity index (χ4n) is 8.25. The maximum absolute atomic E-state index is 12.7. The minimum atomic E-state index is 0.402. The molecule has 1 heteroatoms. The molecule has 0 unspecified atom stereocenters. The van der Waals surface area contributed by atoms with Gasteiger partial charge >= 0.3 is 0 Å². The zero-order chi connectivity index (χ0) is 30.8. The van der Waals surface area contributed by atoms with Crippen LogP contribution in [0.4, 0.5) is 0 Å². The molecule has 0 bridgehead atoms. The SMILES string of the molecule is CCCCCCCC1CCC(c2ccc(CCC(=O)CCc3ccc([C@H]4CC[C@H](CCCCCCC)CC4)cc3)cc2)CC1. The van der Waals surface area contributed by atoms with Gasteiger partial charge in [-0.2, -0.15) is 0 Å². The summed E-state index contributed by atoms with van der Waals surface area (Å²) in [6, 6.07) is 18.6. The molecule has 44 heavy (non-hydrogen) atoms. The van der Waals surface area contributed by atoms with E-state index in [9.17, 15) is 4.79 Å². The molecule has 0 heterocycles. The van der Waals surface area contributed by atoms with Crippen molar-refractivity contribution in [1.29, 1.82) is 0 Å². The lowest BCUT2D eigenvalue weighted by molar-refractivity contribution is -0.119. The number of hydrogen-bond donors (Lipinski definition) is 0. The Balaban J connectivity index is 1.08. The number of rotatable bonds is 20. The normalized spacial score (nSPS) is 22.2. The van der Waals surface area contributed by atoms with E-state index < -0.39 is 0 Å². The van der Waals surface area contributed by atoms with E-state index in [1.807, 2.05) is 0 Å². The fraction of sp³-hybridized carbons (Fsp3) is 0.698. The van der Waals surface area contributed by atoms with Gasteiger partial charge in [0.1, 0.15) is 5.78 Å². The van der Waals surface area contributed by atoms with Gasteiger partial charge in [-0.25, -0.2) is 0 Å². The third-order valence-corrected chi connectivity index (χ3v) is 11.4. The smallest absolute Gasteiger partial charge is 0.133 e. The number of carbonyl (C=O) groups excluding carboxylic acids is 1. The zero-order valence-electron chi connectivity index (χ0n) is 28.8. The summed E-state index contributed by atoms with van der Waals surface area (Å²) in [5.74, 6) is 3.83. The zero-order valence-corrected chi connectivity index (χ0v) is 28.8. The van der Waals surface area contributed by atoms with Crippen molar-refractivity contribution in [3.8, 4) is 0 Å². The van der Waals surface area contributed by atoms with Crippen molar-refractivity contribution in [1.82, 2.24) is 0 Å². The molecule has 2 saturated carbocycles. The molecule has 0 N–H and O–H groups in total. The summed E-state index contributed by atoms with van der Waals surface area (Å²) in [4.78, 5) is 12.7. The molecular weight excluding hydrogens is 532 g/mol. The van der Waals surface area contributed by atoms with E-state index in [1.54, 1.807) is 0 Å². The fourth-order valence-corrected chi connectivity index (χ4v) is 8.25. The molecule has 2 aromatic carbocycles. The van der Waals surface area contributed by atoms with Crippen LogP contribution in [0.15, 0.2) is 48.5 Å². The minimum Gasteiger partial charge on any atom is -0.300 e. The Bertz CT molecular complexity index is 934. The van der Waals surface area contributed by atoms with Crippen LogP contribution in [-0.2, 0) is 17.6 Å². The number of aryl methyl sites for hydroxylation is 2. The summed E-state index contributed by atoms with van der Waals surface area (Å²) in [6.07, 6.45) is 31.2. The highest BCUT2D eigenvalue weighted by atomic mass is 16.1. The Hall–Kier alpha value is -1.89. The Kier molecular flexibility index (Phi) is 16.1. The van der Waals surface area contributed by atoms with E-state index in [0.29, 0.717) is 18.6 Å². The number of ketones is 1. The Labute approximate surface area is 272 Å². The predicted molar refractivity (Wildman–Crippen MR) is 191 cm³/mol. The van der Waals surface area contributed by atoms with Crippen molar-refractivity contribution in [2.45, 2.75) is 180 Å². The van der Waals surface area contributed by atoms with Gasteiger partial charge in [-0.05, 0) is 110 Å². The highest BCUT2D eigenvalue weighted by Gasteiger charge is 2.23. The van der Waals surface area contributed by atoms with Crippen molar-refractivity contribution in [2.75, 3.05) is 0 Å². The number of carbonyl (C=O) groups is 1. The molecule has 0 aliphatic heterocycles.